The van der Waals surface area contributed by atoms with Gasteiger partial charge in [0.15, 0.2) is 0 Å². The molecule has 0 aliphatic carbocycles. The minimum atomic E-state index is -0.818. The summed E-state index contributed by atoms with van der Waals surface area (Å²) in [5.41, 5.74) is 0.166. The van der Waals surface area contributed by atoms with Gasteiger partial charge in [0, 0.05) is 34.4 Å². The van der Waals surface area contributed by atoms with E-state index in [0.29, 0.717) is 37.4 Å². The number of fused-ring (bicyclic) bond motifs is 1. The quantitative estimate of drug-likeness (QED) is 0.224. The molecule has 8 nitrogen and oxygen atoms in total. The van der Waals surface area contributed by atoms with Crippen LogP contribution in [-0.4, -0.2) is 91.4 Å². The molecule has 3 amide bonds. The number of hydrogen-bond donors (Lipinski definition) is 1. The van der Waals surface area contributed by atoms with Crippen molar-refractivity contribution in [3.8, 4) is 5.75 Å². The summed E-state index contributed by atoms with van der Waals surface area (Å²) in [7, 11) is 0. The zero-order valence-electron chi connectivity index (χ0n) is 26.9. The van der Waals surface area contributed by atoms with Crippen LogP contribution in [0, 0.1) is 17.8 Å². The highest BCUT2D eigenvalue weighted by molar-refractivity contribution is 9.09. The van der Waals surface area contributed by atoms with E-state index in [-0.39, 0.29) is 46.9 Å². The molecular formula is C34H48BrN3O5S. The second-order valence-corrected chi connectivity index (χ2v) is 16.2. The van der Waals surface area contributed by atoms with Gasteiger partial charge in [-0.1, -0.05) is 41.9 Å². The van der Waals surface area contributed by atoms with Gasteiger partial charge in [0.05, 0.1) is 35.8 Å². The molecule has 242 valence electrons. The molecule has 3 heterocycles. The highest BCUT2D eigenvalue weighted by Crippen LogP contribution is 2.68. The summed E-state index contributed by atoms with van der Waals surface area (Å²) in [4.78, 5) is 49.2. The molecule has 1 spiro atoms. The molecule has 1 aromatic carbocycles. The zero-order valence-corrected chi connectivity index (χ0v) is 29.3. The van der Waals surface area contributed by atoms with Crippen LogP contribution in [0.4, 0.5) is 5.69 Å². The van der Waals surface area contributed by atoms with Crippen LogP contribution in [-0.2, 0) is 14.4 Å². The molecule has 0 radical (unpaired) electrons. The number of thioether (sulfide) groups is 1. The smallest absolute Gasteiger partial charge is 0.247 e. The fourth-order valence-corrected chi connectivity index (χ4v) is 10.9. The number of aliphatic hydroxyl groups is 1. The van der Waals surface area contributed by atoms with Crippen LogP contribution in [0.25, 0.3) is 0 Å². The summed E-state index contributed by atoms with van der Waals surface area (Å²) < 4.78 is 4.79. The molecule has 1 N–H and O–H groups in total. The number of halogens is 1. The molecule has 7 atom stereocenters. The lowest BCUT2D eigenvalue weighted by Crippen LogP contribution is -2.61. The van der Waals surface area contributed by atoms with Crippen molar-refractivity contribution < 1.29 is 24.2 Å². The van der Waals surface area contributed by atoms with Crippen molar-refractivity contribution >= 4 is 51.1 Å². The number of likely N-dealkylation sites (tertiary alicyclic amines) is 1. The van der Waals surface area contributed by atoms with Crippen molar-refractivity contribution in [1.29, 1.82) is 0 Å². The van der Waals surface area contributed by atoms with E-state index in [1.165, 1.54) is 0 Å². The van der Waals surface area contributed by atoms with Crippen LogP contribution in [0.2, 0.25) is 0 Å². The molecular weight excluding hydrogens is 642 g/mol. The molecule has 44 heavy (non-hydrogen) atoms. The molecule has 2 bridgehead atoms. The lowest BCUT2D eigenvalue weighted by atomic mass is 9.70. The number of carbonyl (C=O) groups excluding carboxylic acids is 3. The van der Waals surface area contributed by atoms with Crippen LogP contribution in [0.3, 0.4) is 0 Å². The number of benzene rings is 1. The molecule has 3 saturated heterocycles. The Morgan fingerprint density at radius 2 is 1.82 bits per heavy atom. The molecule has 1 aromatic rings. The maximum absolute atomic E-state index is 14.7. The fraction of sp³-hybridized carbons (Fsp3) is 0.618. The minimum Gasteiger partial charge on any atom is -0.494 e. The predicted octanol–water partition coefficient (Wildman–Crippen LogP) is 5.29. The zero-order chi connectivity index (χ0) is 32.6. The monoisotopic (exact) mass is 689 g/mol. The predicted molar refractivity (Wildman–Crippen MR) is 181 cm³/mol. The van der Waals surface area contributed by atoms with Crippen LogP contribution < -0.4 is 9.64 Å². The normalized spacial score (nSPS) is 28.2. The van der Waals surface area contributed by atoms with E-state index in [2.05, 4.69) is 29.1 Å². The number of rotatable bonds is 13. The summed E-state index contributed by atoms with van der Waals surface area (Å²) >= 11 is 5.49. The number of ether oxygens (including phenoxy) is 1. The summed E-state index contributed by atoms with van der Waals surface area (Å²) in [6.45, 7) is 20.6. The van der Waals surface area contributed by atoms with Crippen LogP contribution >= 0.6 is 27.7 Å². The summed E-state index contributed by atoms with van der Waals surface area (Å²) in [5.74, 6) is -0.990. The van der Waals surface area contributed by atoms with E-state index in [0.717, 1.165) is 0 Å². The van der Waals surface area contributed by atoms with Crippen molar-refractivity contribution in [2.24, 2.45) is 17.8 Å². The van der Waals surface area contributed by atoms with E-state index < -0.39 is 34.2 Å². The Bertz CT molecular complexity index is 1250. The molecule has 3 aliphatic heterocycles. The summed E-state index contributed by atoms with van der Waals surface area (Å²) in [6.07, 6.45) is 4.52. The van der Waals surface area contributed by atoms with Crippen molar-refractivity contribution in [3.05, 3.63) is 49.6 Å². The Labute approximate surface area is 275 Å². The van der Waals surface area contributed by atoms with Gasteiger partial charge >= 0.3 is 0 Å². The Morgan fingerprint density at radius 1 is 1.18 bits per heavy atom. The Morgan fingerprint density at radius 3 is 2.34 bits per heavy atom. The first-order chi connectivity index (χ1) is 20.8. The number of hydrogen-bond acceptors (Lipinski definition) is 6. The third-order valence-corrected chi connectivity index (χ3v) is 12.2. The molecule has 3 fully saturated rings. The van der Waals surface area contributed by atoms with Crippen LogP contribution in [0.1, 0.15) is 54.4 Å². The second-order valence-electron chi connectivity index (χ2n) is 13.4. The van der Waals surface area contributed by atoms with Gasteiger partial charge in [-0.3, -0.25) is 14.4 Å². The number of anilines is 1. The SMILES string of the molecule is C=CCN(C(=O)[C@H]1[C@@H]2SC3(CC2Br)C(C(=O)N(CC=C)C(C)(C)C)N([C@@H](CO)CC(C)C)C(=O)[C@H]13)c1ccc(OCC)cc1. The third-order valence-electron chi connectivity index (χ3n) is 9.02. The highest BCUT2D eigenvalue weighted by atomic mass is 79.9. The van der Waals surface area contributed by atoms with Crippen molar-refractivity contribution in [3.63, 3.8) is 0 Å². The lowest BCUT2D eigenvalue weighted by Gasteiger charge is -2.44. The lowest BCUT2D eigenvalue weighted by molar-refractivity contribution is -0.148. The second kappa shape index (κ2) is 13.6. The number of nitrogens with zero attached hydrogens (tertiary/aromatic N) is 3. The third kappa shape index (κ3) is 6.10. The largest absolute Gasteiger partial charge is 0.494 e. The topological polar surface area (TPSA) is 90.4 Å². The van der Waals surface area contributed by atoms with Crippen LogP contribution in [0.5, 0.6) is 5.75 Å². The molecule has 0 saturated carbocycles. The standard InChI is InChI=1S/C34H48BrN3O5S/c1-9-16-36(22-12-14-24(15-13-22)43-11-3)30(40)26-27-31(41)38(23(20-39)18-21(4)5)29(34(27)19-25(35)28(26)44-34)32(42)37(17-10-2)33(6,7)8/h9-10,12-15,21,23,25-29,39H,1-2,11,16-20H2,3-8H3/t23-,25?,26-,27+,28-,29?,34?/m1/s1. The Balaban J connectivity index is 1.83. The van der Waals surface area contributed by atoms with E-state index in [9.17, 15) is 19.5 Å². The molecule has 10 heteroatoms. The average Bonchev–Trinajstić information content (AvgIpc) is 3.56. The van der Waals surface area contributed by atoms with Gasteiger partial charge in [0.25, 0.3) is 0 Å². The van der Waals surface area contributed by atoms with Crippen molar-refractivity contribution in [2.75, 3.05) is 31.2 Å². The maximum atomic E-state index is 14.7. The number of alkyl halides is 1. The van der Waals surface area contributed by atoms with Gasteiger partial charge < -0.3 is 24.5 Å². The Kier molecular flexibility index (Phi) is 10.7. The van der Waals surface area contributed by atoms with Gasteiger partial charge in [0.1, 0.15) is 11.8 Å². The molecule has 4 rings (SSSR count). The first-order valence-corrected chi connectivity index (χ1v) is 17.4. The molecule has 0 aromatic heterocycles. The van der Waals surface area contributed by atoms with Gasteiger partial charge in [0.2, 0.25) is 17.7 Å². The highest BCUT2D eigenvalue weighted by Gasteiger charge is 2.76. The maximum Gasteiger partial charge on any atom is 0.247 e. The van der Waals surface area contributed by atoms with Crippen LogP contribution in [0.15, 0.2) is 49.6 Å². The van der Waals surface area contributed by atoms with E-state index in [1.54, 1.807) is 38.6 Å². The van der Waals surface area contributed by atoms with E-state index >= 15 is 0 Å². The molecule has 3 aliphatic rings. The van der Waals surface area contributed by atoms with Gasteiger partial charge in [-0.15, -0.1) is 24.9 Å². The van der Waals surface area contributed by atoms with Crippen molar-refractivity contribution in [2.45, 2.75) is 86.8 Å². The van der Waals surface area contributed by atoms with Gasteiger partial charge in [-0.05, 0) is 70.7 Å². The van der Waals surface area contributed by atoms with E-state index in [4.69, 9.17) is 4.74 Å². The number of aliphatic hydroxyl groups excluding tert-OH is 1. The summed E-state index contributed by atoms with van der Waals surface area (Å²) in [5, 5.41) is 10.4. The van der Waals surface area contributed by atoms with Gasteiger partial charge in [-0.25, -0.2) is 0 Å². The minimum absolute atomic E-state index is 0.0631. The molecule has 3 unspecified atom stereocenters. The Hall–Kier alpha value is -2.30. The van der Waals surface area contributed by atoms with Gasteiger partial charge in [-0.2, -0.15) is 0 Å². The van der Waals surface area contributed by atoms with Crippen molar-refractivity contribution in [1.82, 2.24) is 9.80 Å². The number of amides is 3. The average molecular weight is 691 g/mol. The first-order valence-electron chi connectivity index (χ1n) is 15.6. The van der Waals surface area contributed by atoms with E-state index in [1.807, 2.05) is 65.8 Å². The number of carbonyl (C=O) groups is 3. The fourth-order valence-electron chi connectivity index (χ4n) is 7.33. The first kappa shape index (κ1) is 34.6. The summed E-state index contributed by atoms with van der Waals surface area (Å²) in [6, 6.07) is 6.02.